The zero-order chi connectivity index (χ0) is 12.7. The van der Waals surface area contributed by atoms with Gasteiger partial charge in [0.1, 0.15) is 0 Å². The van der Waals surface area contributed by atoms with E-state index >= 15 is 0 Å². The smallest absolute Gasteiger partial charge is 0.210 e. The van der Waals surface area contributed by atoms with Crippen LogP contribution in [0.4, 0.5) is 0 Å². The lowest BCUT2D eigenvalue weighted by Gasteiger charge is -2.21. The minimum Gasteiger partial charge on any atom is -0.314 e. The van der Waals surface area contributed by atoms with E-state index in [-0.39, 0.29) is 5.75 Å². The third-order valence-electron chi connectivity index (χ3n) is 3.18. The van der Waals surface area contributed by atoms with E-state index < -0.39 is 10.0 Å². The quantitative estimate of drug-likeness (QED) is 0.638. The molecule has 0 aromatic carbocycles. The van der Waals surface area contributed by atoms with E-state index in [1.807, 2.05) is 0 Å². The van der Waals surface area contributed by atoms with Crippen molar-refractivity contribution in [2.75, 3.05) is 18.8 Å². The van der Waals surface area contributed by atoms with Crippen LogP contribution in [-0.4, -0.2) is 39.3 Å². The Kier molecular flexibility index (Phi) is 6.40. The molecule has 0 bridgehead atoms. The number of primary sulfonamides is 1. The highest BCUT2D eigenvalue weighted by Gasteiger charge is 2.14. The van der Waals surface area contributed by atoms with Gasteiger partial charge in [-0.2, -0.15) is 0 Å². The second-order valence-electron chi connectivity index (χ2n) is 4.96. The van der Waals surface area contributed by atoms with E-state index in [2.05, 4.69) is 17.6 Å². The van der Waals surface area contributed by atoms with Gasteiger partial charge >= 0.3 is 0 Å². The highest BCUT2D eigenvalue weighted by Crippen LogP contribution is 2.12. The topological polar surface area (TPSA) is 84.2 Å². The molecule has 1 heterocycles. The normalized spacial score (nSPS) is 24.2. The number of rotatable bonds is 6. The Morgan fingerprint density at radius 3 is 2.88 bits per heavy atom. The summed E-state index contributed by atoms with van der Waals surface area (Å²) in [6.07, 6.45) is 6.15. The Morgan fingerprint density at radius 1 is 1.41 bits per heavy atom. The molecule has 1 saturated heterocycles. The lowest BCUT2D eigenvalue weighted by Crippen LogP contribution is -2.39. The fourth-order valence-electron chi connectivity index (χ4n) is 2.26. The SMILES string of the molecule is CC(CC1CCCCCN1)NCCS(N)(=O)=O. The molecule has 2 atom stereocenters. The fraction of sp³-hybridized carbons (Fsp3) is 1.00. The largest absolute Gasteiger partial charge is 0.314 e. The van der Waals surface area contributed by atoms with Crippen molar-refractivity contribution in [1.82, 2.24) is 10.6 Å². The summed E-state index contributed by atoms with van der Waals surface area (Å²) in [5.41, 5.74) is 0. The van der Waals surface area contributed by atoms with Crippen LogP contribution in [0.1, 0.15) is 39.0 Å². The predicted molar refractivity (Wildman–Crippen MR) is 70.3 cm³/mol. The summed E-state index contributed by atoms with van der Waals surface area (Å²) >= 11 is 0. The Hall–Kier alpha value is -0.170. The number of hydrogen-bond donors (Lipinski definition) is 3. The van der Waals surface area contributed by atoms with Gasteiger partial charge in [0.2, 0.25) is 10.0 Å². The van der Waals surface area contributed by atoms with Crippen molar-refractivity contribution in [2.24, 2.45) is 5.14 Å². The standard InChI is InChI=1S/C11H25N3O2S/c1-10(13-7-8-17(12,15)16)9-11-5-3-2-4-6-14-11/h10-11,13-14H,2-9H2,1H3,(H2,12,15,16). The molecule has 6 heteroatoms. The van der Waals surface area contributed by atoms with Crippen molar-refractivity contribution in [3.63, 3.8) is 0 Å². The van der Waals surface area contributed by atoms with Gasteiger partial charge < -0.3 is 10.6 Å². The van der Waals surface area contributed by atoms with Crippen molar-refractivity contribution < 1.29 is 8.42 Å². The highest BCUT2D eigenvalue weighted by molar-refractivity contribution is 7.89. The maximum absolute atomic E-state index is 10.8. The van der Waals surface area contributed by atoms with Gasteiger partial charge in [0.05, 0.1) is 5.75 Å². The van der Waals surface area contributed by atoms with Crippen LogP contribution < -0.4 is 15.8 Å². The lowest BCUT2D eigenvalue weighted by molar-refractivity contribution is 0.408. The molecule has 5 nitrogen and oxygen atoms in total. The molecule has 0 aromatic rings. The molecule has 1 aliphatic rings. The molecule has 1 rings (SSSR count). The van der Waals surface area contributed by atoms with E-state index in [1.165, 1.54) is 25.7 Å². The van der Waals surface area contributed by atoms with Crippen molar-refractivity contribution in [1.29, 1.82) is 0 Å². The number of nitrogens with one attached hydrogen (secondary N) is 2. The van der Waals surface area contributed by atoms with Crippen LogP contribution in [0.5, 0.6) is 0 Å². The van der Waals surface area contributed by atoms with Crippen LogP contribution in [0.3, 0.4) is 0 Å². The second kappa shape index (κ2) is 7.31. The van der Waals surface area contributed by atoms with Gasteiger partial charge in [-0.1, -0.05) is 12.8 Å². The molecule has 17 heavy (non-hydrogen) atoms. The number of nitrogens with two attached hydrogens (primary N) is 1. The monoisotopic (exact) mass is 263 g/mol. The van der Waals surface area contributed by atoms with Gasteiger partial charge in [-0.05, 0) is 32.7 Å². The Morgan fingerprint density at radius 2 is 2.18 bits per heavy atom. The number of hydrogen-bond acceptors (Lipinski definition) is 4. The van der Waals surface area contributed by atoms with Crippen LogP contribution in [0.15, 0.2) is 0 Å². The van der Waals surface area contributed by atoms with Crippen molar-refractivity contribution >= 4 is 10.0 Å². The van der Waals surface area contributed by atoms with E-state index in [0.29, 0.717) is 18.6 Å². The second-order valence-corrected chi connectivity index (χ2v) is 6.69. The van der Waals surface area contributed by atoms with E-state index in [0.717, 1.165) is 13.0 Å². The molecule has 2 unspecified atom stereocenters. The van der Waals surface area contributed by atoms with Crippen LogP contribution in [-0.2, 0) is 10.0 Å². The third-order valence-corrected chi connectivity index (χ3v) is 3.95. The van der Waals surface area contributed by atoms with E-state index in [9.17, 15) is 8.42 Å². The molecule has 1 aliphatic heterocycles. The molecule has 1 fully saturated rings. The first-order valence-electron chi connectivity index (χ1n) is 6.44. The van der Waals surface area contributed by atoms with Crippen LogP contribution >= 0.6 is 0 Å². The summed E-state index contributed by atoms with van der Waals surface area (Å²) in [5, 5.41) is 11.7. The maximum Gasteiger partial charge on any atom is 0.210 e. The Balaban J connectivity index is 2.17. The molecule has 102 valence electrons. The van der Waals surface area contributed by atoms with Crippen LogP contribution in [0.25, 0.3) is 0 Å². The summed E-state index contributed by atoms with van der Waals surface area (Å²) in [6, 6.07) is 0.891. The summed E-state index contributed by atoms with van der Waals surface area (Å²) in [7, 11) is -3.34. The fourth-order valence-corrected chi connectivity index (χ4v) is 2.66. The molecular formula is C11H25N3O2S. The third kappa shape index (κ3) is 7.70. The summed E-state index contributed by atoms with van der Waals surface area (Å²) in [6.45, 7) is 3.64. The minimum absolute atomic E-state index is 0.00936. The van der Waals surface area contributed by atoms with Gasteiger partial charge in [0, 0.05) is 18.6 Å². The number of sulfonamides is 1. The molecule has 0 radical (unpaired) electrons. The van der Waals surface area contributed by atoms with E-state index in [1.54, 1.807) is 0 Å². The van der Waals surface area contributed by atoms with Gasteiger partial charge in [0.15, 0.2) is 0 Å². The Bertz CT molecular complexity index is 298. The molecule has 4 N–H and O–H groups in total. The van der Waals surface area contributed by atoms with Gasteiger partial charge in [-0.3, -0.25) is 0 Å². The zero-order valence-corrected chi connectivity index (χ0v) is 11.4. The molecule has 0 amide bonds. The van der Waals surface area contributed by atoms with Crippen molar-refractivity contribution in [2.45, 2.75) is 51.1 Å². The van der Waals surface area contributed by atoms with Crippen LogP contribution in [0, 0.1) is 0 Å². The summed E-state index contributed by atoms with van der Waals surface area (Å²) in [5.74, 6) is 0.00936. The van der Waals surface area contributed by atoms with Crippen LogP contribution in [0.2, 0.25) is 0 Å². The lowest BCUT2D eigenvalue weighted by atomic mass is 10.0. The molecule has 0 aromatic heterocycles. The first-order valence-corrected chi connectivity index (χ1v) is 8.16. The van der Waals surface area contributed by atoms with Crippen molar-refractivity contribution in [3.8, 4) is 0 Å². The summed E-state index contributed by atoms with van der Waals surface area (Å²) in [4.78, 5) is 0. The Labute approximate surface area is 105 Å². The van der Waals surface area contributed by atoms with Gasteiger partial charge in [-0.25, -0.2) is 13.6 Å². The summed E-state index contributed by atoms with van der Waals surface area (Å²) < 4.78 is 21.5. The molecular weight excluding hydrogens is 238 g/mol. The molecule has 0 saturated carbocycles. The highest BCUT2D eigenvalue weighted by atomic mass is 32.2. The van der Waals surface area contributed by atoms with Gasteiger partial charge in [0.25, 0.3) is 0 Å². The predicted octanol–water partition coefficient (Wildman–Crippen LogP) is 0.175. The first-order chi connectivity index (χ1) is 7.97. The first kappa shape index (κ1) is 14.9. The molecule has 0 spiro atoms. The van der Waals surface area contributed by atoms with E-state index in [4.69, 9.17) is 5.14 Å². The maximum atomic E-state index is 10.8. The zero-order valence-electron chi connectivity index (χ0n) is 10.6. The van der Waals surface area contributed by atoms with Crippen molar-refractivity contribution in [3.05, 3.63) is 0 Å². The average molecular weight is 263 g/mol. The van der Waals surface area contributed by atoms with Gasteiger partial charge in [-0.15, -0.1) is 0 Å². The molecule has 0 aliphatic carbocycles. The minimum atomic E-state index is -3.34. The average Bonchev–Trinajstić information content (AvgIpc) is 2.44.